The molecule has 1 saturated heterocycles. The van der Waals surface area contributed by atoms with Crippen LogP contribution in [0.3, 0.4) is 0 Å². The Kier molecular flexibility index (Phi) is 4.12. The van der Waals surface area contributed by atoms with Crippen LogP contribution in [-0.4, -0.2) is 32.7 Å². The second-order valence-corrected chi connectivity index (χ2v) is 6.78. The van der Waals surface area contributed by atoms with Gasteiger partial charge in [0.05, 0.1) is 4.91 Å². The van der Waals surface area contributed by atoms with E-state index in [1.54, 1.807) is 11.0 Å². The van der Waals surface area contributed by atoms with E-state index in [1.165, 1.54) is 23.1 Å². The predicted molar refractivity (Wildman–Crippen MR) is 88.1 cm³/mol. The average molecular weight is 334 g/mol. The molecule has 2 aromatic heterocycles. The number of likely N-dealkylation sites (N-methyl/N-ethyl adjacent to an activating group) is 1. The van der Waals surface area contributed by atoms with Crippen molar-refractivity contribution in [3.8, 4) is 0 Å². The van der Waals surface area contributed by atoms with Crippen molar-refractivity contribution in [3.63, 3.8) is 0 Å². The molecule has 0 aromatic carbocycles. The summed E-state index contributed by atoms with van der Waals surface area (Å²) in [6.45, 7) is 6.21. The summed E-state index contributed by atoms with van der Waals surface area (Å²) in [4.78, 5) is 19.1. The van der Waals surface area contributed by atoms with Crippen molar-refractivity contribution < 1.29 is 9.21 Å². The number of amides is 1. The largest absolute Gasteiger partial charge is 0.462 e. The third-order valence-electron chi connectivity index (χ3n) is 2.95. The van der Waals surface area contributed by atoms with Gasteiger partial charge in [-0.3, -0.25) is 9.69 Å². The van der Waals surface area contributed by atoms with Crippen molar-refractivity contribution in [1.82, 2.24) is 15.1 Å². The Morgan fingerprint density at radius 2 is 2.18 bits per heavy atom. The van der Waals surface area contributed by atoms with Crippen LogP contribution >= 0.6 is 23.1 Å². The second-order valence-electron chi connectivity index (χ2n) is 4.61. The Morgan fingerprint density at radius 3 is 2.77 bits per heavy atom. The molecule has 0 radical (unpaired) electrons. The zero-order chi connectivity index (χ0) is 15.7. The molecule has 0 atom stereocenters. The van der Waals surface area contributed by atoms with Gasteiger partial charge in [0.1, 0.15) is 16.5 Å². The van der Waals surface area contributed by atoms with Crippen LogP contribution in [0.15, 0.2) is 26.4 Å². The van der Waals surface area contributed by atoms with Crippen LogP contribution in [0.25, 0.3) is 6.08 Å². The Balaban J connectivity index is 1.91. The summed E-state index contributed by atoms with van der Waals surface area (Å²) < 4.78 is 5.50. The molecular formula is C14H14N4O2S2. The molecule has 0 aliphatic carbocycles. The van der Waals surface area contributed by atoms with Crippen LogP contribution in [0.1, 0.15) is 23.5 Å². The molecule has 22 heavy (non-hydrogen) atoms. The average Bonchev–Trinajstić information content (AvgIpc) is 3.14. The van der Waals surface area contributed by atoms with Crippen LogP contribution in [0.4, 0.5) is 5.13 Å². The fraction of sp³-hybridized carbons (Fsp3) is 0.286. The first kappa shape index (κ1) is 15.0. The molecule has 1 aliphatic rings. The maximum Gasteiger partial charge on any atom is 0.266 e. The fourth-order valence-electron chi connectivity index (χ4n) is 1.94. The van der Waals surface area contributed by atoms with Gasteiger partial charge in [-0.15, -0.1) is 10.2 Å². The Bertz CT molecular complexity index is 775. The lowest BCUT2D eigenvalue weighted by atomic mass is 10.3. The summed E-state index contributed by atoms with van der Waals surface area (Å²) in [6, 6.07) is 3.71. The van der Waals surface area contributed by atoms with E-state index in [0.717, 1.165) is 10.8 Å². The van der Waals surface area contributed by atoms with Crippen molar-refractivity contribution in [2.75, 3.05) is 6.54 Å². The van der Waals surface area contributed by atoms with Crippen molar-refractivity contribution in [2.45, 2.75) is 20.8 Å². The number of thioether (sulfide) groups is 1. The van der Waals surface area contributed by atoms with Gasteiger partial charge in [0.2, 0.25) is 5.13 Å². The van der Waals surface area contributed by atoms with Gasteiger partial charge in [0.15, 0.2) is 5.17 Å². The molecule has 1 aliphatic heterocycles. The Hall–Kier alpha value is -1.93. The minimum Gasteiger partial charge on any atom is -0.462 e. The summed E-state index contributed by atoms with van der Waals surface area (Å²) in [5, 5.41) is 9.94. The van der Waals surface area contributed by atoms with E-state index < -0.39 is 0 Å². The zero-order valence-corrected chi connectivity index (χ0v) is 14.0. The molecule has 1 amide bonds. The number of amidine groups is 1. The van der Waals surface area contributed by atoms with Crippen LogP contribution in [0.2, 0.25) is 0 Å². The highest BCUT2D eigenvalue weighted by atomic mass is 32.2. The van der Waals surface area contributed by atoms with E-state index in [4.69, 9.17) is 4.42 Å². The summed E-state index contributed by atoms with van der Waals surface area (Å²) in [5.41, 5.74) is 0. The lowest BCUT2D eigenvalue weighted by Gasteiger charge is -2.10. The number of carbonyl (C=O) groups excluding carboxylic acids is 1. The van der Waals surface area contributed by atoms with Gasteiger partial charge in [0, 0.05) is 12.6 Å². The number of hydrogen-bond acceptors (Lipinski definition) is 7. The van der Waals surface area contributed by atoms with Gasteiger partial charge in [-0.25, -0.2) is 0 Å². The van der Waals surface area contributed by atoms with Gasteiger partial charge in [-0.05, 0) is 44.7 Å². The Morgan fingerprint density at radius 1 is 1.36 bits per heavy atom. The topological polar surface area (TPSA) is 71.6 Å². The van der Waals surface area contributed by atoms with Gasteiger partial charge >= 0.3 is 0 Å². The number of furan rings is 1. The lowest BCUT2D eigenvalue weighted by Crippen LogP contribution is -2.28. The molecule has 0 spiro atoms. The van der Waals surface area contributed by atoms with Crippen LogP contribution in [-0.2, 0) is 4.79 Å². The number of aromatic nitrogens is 2. The first-order valence-electron chi connectivity index (χ1n) is 6.73. The van der Waals surface area contributed by atoms with Crippen molar-refractivity contribution in [3.05, 3.63) is 33.6 Å². The molecular weight excluding hydrogens is 320 g/mol. The molecule has 0 bridgehead atoms. The minimum absolute atomic E-state index is 0.0680. The maximum atomic E-state index is 12.4. The standard InChI is InChI=1S/C14H14N4O2S2/c1-4-18-12(19)11(7-10-6-5-8(2)20-10)22-14(18)15-13-17-16-9(3)21-13/h5-7H,4H2,1-3H3/b11-7+,15-14+. The van der Waals surface area contributed by atoms with Crippen LogP contribution < -0.4 is 0 Å². The normalized spacial score (nSPS) is 18.9. The van der Waals surface area contributed by atoms with Crippen LogP contribution in [0.5, 0.6) is 0 Å². The third-order valence-corrected chi connectivity index (χ3v) is 4.68. The van der Waals surface area contributed by atoms with Crippen LogP contribution in [0, 0.1) is 13.8 Å². The SMILES string of the molecule is CCN1C(=O)/C(=C\c2ccc(C)o2)S/C1=N/c1nnc(C)s1. The molecule has 6 nitrogen and oxygen atoms in total. The molecule has 3 rings (SSSR count). The summed E-state index contributed by atoms with van der Waals surface area (Å²) in [7, 11) is 0. The number of nitrogens with zero attached hydrogens (tertiary/aromatic N) is 4. The summed E-state index contributed by atoms with van der Waals surface area (Å²) in [6.07, 6.45) is 1.75. The maximum absolute atomic E-state index is 12.4. The minimum atomic E-state index is -0.0680. The Labute approximate surface area is 135 Å². The molecule has 3 heterocycles. The smallest absolute Gasteiger partial charge is 0.266 e. The zero-order valence-electron chi connectivity index (χ0n) is 12.4. The van der Waals surface area contributed by atoms with E-state index in [0.29, 0.717) is 27.5 Å². The predicted octanol–water partition coefficient (Wildman–Crippen LogP) is 3.37. The van der Waals surface area contributed by atoms with Crippen molar-refractivity contribution in [1.29, 1.82) is 0 Å². The summed E-state index contributed by atoms with van der Waals surface area (Å²) >= 11 is 2.72. The number of rotatable bonds is 3. The lowest BCUT2D eigenvalue weighted by molar-refractivity contribution is -0.122. The highest BCUT2D eigenvalue weighted by Gasteiger charge is 2.32. The van der Waals surface area contributed by atoms with Gasteiger partial charge in [0.25, 0.3) is 5.91 Å². The summed E-state index contributed by atoms with van der Waals surface area (Å²) in [5.74, 6) is 1.41. The van der Waals surface area contributed by atoms with Gasteiger partial charge in [-0.2, -0.15) is 4.99 Å². The number of aliphatic imine (C=N–C) groups is 1. The molecule has 1 fully saturated rings. The molecule has 114 valence electrons. The monoisotopic (exact) mass is 334 g/mol. The van der Waals surface area contributed by atoms with E-state index in [1.807, 2.05) is 32.9 Å². The van der Waals surface area contributed by atoms with E-state index >= 15 is 0 Å². The first-order valence-corrected chi connectivity index (χ1v) is 8.36. The molecule has 0 saturated carbocycles. The van der Waals surface area contributed by atoms with Crippen molar-refractivity contribution >= 4 is 45.4 Å². The number of hydrogen-bond donors (Lipinski definition) is 0. The van der Waals surface area contributed by atoms with Gasteiger partial charge in [-0.1, -0.05) is 11.3 Å². The molecule has 8 heteroatoms. The van der Waals surface area contributed by atoms with E-state index in [2.05, 4.69) is 15.2 Å². The molecule has 2 aromatic rings. The van der Waals surface area contributed by atoms with Gasteiger partial charge < -0.3 is 4.42 Å². The second kappa shape index (κ2) is 6.05. The highest BCUT2D eigenvalue weighted by molar-refractivity contribution is 8.18. The van der Waals surface area contributed by atoms with Crippen molar-refractivity contribution in [2.24, 2.45) is 4.99 Å². The molecule has 0 N–H and O–H groups in total. The number of carbonyl (C=O) groups is 1. The third kappa shape index (κ3) is 2.97. The quantitative estimate of drug-likeness (QED) is 0.805. The molecule has 0 unspecified atom stereocenters. The fourth-order valence-corrected chi connectivity index (χ4v) is 3.58. The van der Waals surface area contributed by atoms with E-state index in [9.17, 15) is 4.79 Å². The number of aryl methyl sites for hydroxylation is 2. The van der Waals surface area contributed by atoms with E-state index in [-0.39, 0.29) is 5.91 Å². The highest BCUT2D eigenvalue weighted by Crippen LogP contribution is 2.34. The first-order chi connectivity index (χ1) is 10.6.